The predicted molar refractivity (Wildman–Crippen MR) is 125 cm³/mol. The van der Waals surface area contributed by atoms with Gasteiger partial charge in [0.1, 0.15) is 11.6 Å². The van der Waals surface area contributed by atoms with Gasteiger partial charge in [0.25, 0.3) is 0 Å². The van der Waals surface area contributed by atoms with E-state index >= 15 is 0 Å². The minimum Gasteiger partial charge on any atom is -0.450 e. The van der Waals surface area contributed by atoms with Gasteiger partial charge in [-0.15, -0.1) is 0 Å². The number of hydrogen-bond donors (Lipinski definition) is 0. The summed E-state index contributed by atoms with van der Waals surface area (Å²) >= 11 is 0. The van der Waals surface area contributed by atoms with Gasteiger partial charge in [-0.25, -0.2) is 9.18 Å². The van der Waals surface area contributed by atoms with E-state index in [0.717, 1.165) is 71.2 Å². The molecule has 0 bridgehead atoms. The first-order chi connectivity index (χ1) is 16.0. The molecule has 0 unspecified atom stereocenters. The van der Waals surface area contributed by atoms with E-state index in [1.54, 1.807) is 12.1 Å². The molecule has 1 amide bonds. The molecule has 0 N–H and O–H groups in total. The standard InChI is InChI=1S/C26H36FN3O3/c1-2-33-25(32)29-13-9-20(10-14-29)28-15-11-26(12-16-28)18-30(21-4-6-22(31)7-5-21)24-8-3-19(27)17-23(24)26/h3,8,17,20-21H,2,4-7,9-16,18H2,1H3. The summed E-state index contributed by atoms with van der Waals surface area (Å²) in [5.41, 5.74) is 2.37. The predicted octanol–water partition coefficient (Wildman–Crippen LogP) is 4.11. The van der Waals surface area contributed by atoms with Gasteiger partial charge >= 0.3 is 6.09 Å². The fraction of sp³-hybridized carbons (Fsp3) is 0.692. The number of ether oxygens (including phenoxy) is 1. The maximum atomic E-state index is 14.3. The zero-order valence-corrected chi connectivity index (χ0v) is 19.7. The monoisotopic (exact) mass is 457 g/mol. The minimum absolute atomic E-state index is 0.00102. The van der Waals surface area contributed by atoms with Crippen molar-refractivity contribution in [2.45, 2.75) is 75.8 Å². The number of piperidine rings is 2. The number of carbonyl (C=O) groups is 2. The third-order valence-electron chi connectivity index (χ3n) is 8.53. The van der Waals surface area contributed by atoms with Crippen molar-refractivity contribution in [2.24, 2.45) is 0 Å². The van der Waals surface area contributed by atoms with Crippen molar-refractivity contribution >= 4 is 17.6 Å². The quantitative estimate of drug-likeness (QED) is 0.684. The van der Waals surface area contributed by atoms with Gasteiger partial charge < -0.3 is 19.4 Å². The topological polar surface area (TPSA) is 53.1 Å². The Bertz CT molecular complexity index is 881. The Balaban J connectivity index is 1.25. The molecule has 0 atom stereocenters. The van der Waals surface area contributed by atoms with E-state index in [0.29, 0.717) is 37.3 Å². The highest BCUT2D eigenvalue weighted by molar-refractivity contribution is 5.79. The SMILES string of the molecule is CCOC(=O)N1CCC(N2CCC3(CC2)CN(C2CCC(=O)CC2)c2ccc(F)cc23)CC1. The summed E-state index contributed by atoms with van der Waals surface area (Å²) in [7, 11) is 0. The molecule has 1 aromatic carbocycles. The van der Waals surface area contributed by atoms with Gasteiger partial charge in [-0.2, -0.15) is 0 Å². The van der Waals surface area contributed by atoms with Crippen molar-refractivity contribution in [1.29, 1.82) is 0 Å². The third kappa shape index (κ3) is 4.36. The molecule has 3 fully saturated rings. The number of benzene rings is 1. The molecule has 0 radical (unpaired) electrons. The number of hydrogen-bond acceptors (Lipinski definition) is 5. The molecule has 7 heteroatoms. The summed E-state index contributed by atoms with van der Waals surface area (Å²) in [6.07, 6.45) is 7.01. The Kier molecular flexibility index (Phi) is 6.34. The number of carbonyl (C=O) groups excluding carboxylic acids is 2. The smallest absolute Gasteiger partial charge is 0.409 e. The molecule has 33 heavy (non-hydrogen) atoms. The lowest BCUT2D eigenvalue weighted by atomic mass is 9.73. The number of likely N-dealkylation sites (tertiary alicyclic amines) is 2. The Labute approximate surface area is 196 Å². The molecule has 180 valence electrons. The number of nitrogens with zero attached hydrogens (tertiary/aromatic N) is 3. The lowest BCUT2D eigenvalue weighted by Crippen LogP contribution is -2.52. The number of Topliss-reactive ketones (excluding diaryl/α,β-unsaturated/α-hetero) is 1. The first-order valence-corrected chi connectivity index (χ1v) is 12.7. The lowest BCUT2D eigenvalue weighted by Gasteiger charge is -2.45. The van der Waals surface area contributed by atoms with Gasteiger partial charge in [0, 0.05) is 55.7 Å². The highest BCUT2D eigenvalue weighted by Gasteiger charge is 2.47. The van der Waals surface area contributed by atoms with Crippen molar-refractivity contribution < 1.29 is 18.7 Å². The van der Waals surface area contributed by atoms with Crippen molar-refractivity contribution in [1.82, 2.24) is 9.80 Å². The average molecular weight is 458 g/mol. The molecule has 4 aliphatic rings. The Morgan fingerprint density at radius 3 is 2.42 bits per heavy atom. The van der Waals surface area contributed by atoms with Gasteiger partial charge in [-0.1, -0.05) is 0 Å². The molecule has 5 rings (SSSR count). The number of fused-ring (bicyclic) bond motifs is 2. The van der Waals surface area contributed by atoms with Crippen LogP contribution < -0.4 is 4.90 Å². The number of halogens is 1. The average Bonchev–Trinajstić information content (AvgIpc) is 3.13. The molecular weight excluding hydrogens is 421 g/mol. The van der Waals surface area contributed by atoms with Crippen molar-refractivity contribution in [3.05, 3.63) is 29.6 Å². The summed E-state index contributed by atoms with van der Waals surface area (Å²) in [6.45, 7) is 6.74. The summed E-state index contributed by atoms with van der Waals surface area (Å²) in [6, 6.07) is 6.22. The molecule has 3 heterocycles. The minimum atomic E-state index is -0.192. The first kappa shape index (κ1) is 22.6. The Morgan fingerprint density at radius 2 is 1.76 bits per heavy atom. The Morgan fingerprint density at radius 1 is 1.06 bits per heavy atom. The van der Waals surface area contributed by atoms with Crippen molar-refractivity contribution in [3.63, 3.8) is 0 Å². The van der Waals surface area contributed by atoms with Gasteiger partial charge in [-0.3, -0.25) is 4.79 Å². The molecule has 1 spiro atoms. The zero-order valence-electron chi connectivity index (χ0n) is 19.7. The van der Waals surface area contributed by atoms with Gasteiger partial charge in [0.05, 0.1) is 6.61 Å². The molecule has 1 aliphatic carbocycles. The first-order valence-electron chi connectivity index (χ1n) is 12.7. The molecule has 0 aromatic heterocycles. The maximum Gasteiger partial charge on any atom is 0.409 e. The lowest BCUT2D eigenvalue weighted by molar-refractivity contribution is -0.120. The Hall–Kier alpha value is -2.15. The fourth-order valence-corrected chi connectivity index (χ4v) is 6.61. The maximum absolute atomic E-state index is 14.3. The molecular formula is C26H36FN3O3. The highest BCUT2D eigenvalue weighted by atomic mass is 19.1. The van der Waals surface area contributed by atoms with Gasteiger partial charge in [-0.05, 0) is 82.3 Å². The van der Waals surface area contributed by atoms with Crippen LogP contribution in [0.1, 0.15) is 63.9 Å². The third-order valence-corrected chi connectivity index (χ3v) is 8.53. The van der Waals surface area contributed by atoms with Crippen LogP contribution in [0.25, 0.3) is 0 Å². The van der Waals surface area contributed by atoms with Crippen LogP contribution in [0, 0.1) is 5.82 Å². The van der Waals surface area contributed by atoms with Crippen LogP contribution in [0.2, 0.25) is 0 Å². The van der Waals surface area contributed by atoms with Crippen LogP contribution in [0.5, 0.6) is 0 Å². The van der Waals surface area contributed by atoms with Gasteiger partial charge in [0.2, 0.25) is 0 Å². The largest absolute Gasteiger partial charge is 0.450 e. The summed E-state index contributed by atoms with van der Waals surface area (Å²) in [4.78, 5) is 30.7. The fourth-order valence-electron chi connectivity index (χ4n) is 6.61. The van der Waals surface area contributed by atoms with E-state index in [9.17, 15) is 14.0 Å². The van der Waals surface area contributed by atoms with E-state index < -0.39 is 0 Å². The zero-order chi connectivity index (χ0) is 23.0. The second-order valence-corrected chi connectivity index (χ2v) is 10.3. The van der Waals surface area contributed by atoms with E-state index in [-0.39, 0.29) is 17.3 Å². The molecule has 6 nitrogen and oxygen atoms in total. The van der Waals surface area contributed by atoms with Gasteiger partial charge in [0.15, 0.2) is 0 Å². The van der Waals surface area contributed by atoms with E-state index in [4.69, 9.17) is 4.74 Å². The summed E-state index contributed by atoms with van der Waals surface area (Å²) in [5.74, 6) is 0.226. The molecule has 2 saturated heterocycles. The van der Waals surface area contributed by atoms with Crippen LogP contribution >= 0.6 is 0 Å². The van der Waals surface area contributed by atoms with Crippen LogP contribution in [0.4, 0.5) is 14.9 Å². The van der Waals surface area contributed by atoms with Crippen LogP contribution in [0.3, 0.4) is 0 Å². The summed E-state index contributed by atoms with van der Waals surface area (Å²) < 4.78 is 19.5. The summed E-state index contributed by atoms with van der Waals surface area (Å²) in [5, 5.41) is 0. The van der Waals surface area contributed by atoms with Crippen LogP contribution in [-0.4, -0.2) is 73.1 Å². The van der Waals surface area contributed by atoms with Crippen LogP contribution in [0.15, 0.2) is 18.2 Å². The number of anilines is 1. The number of ketones is 1. The van der Waals surface area contributed by atoms with E-state index in [1.807, 2.05) is 17.9 Å². The molecule has 1 aromatic rings. The van der Waals surface area contributed by atoms with E-state index in [1.165, 1.54) is 11.3 Å². The second kappa shape index (κ2) is 9.24. The van der Waals surface area contributed by atoms with Crippen molar-refractivity contribution in [3.8, 4) is 0 Å². The number of rotatable bonds is 3. The highest BCUT2D eigenvalue weighted by Crippen LogP contribution is 2.49. The second-order valence-electron chi connectivity index (χ2n) is 10.3. The van der Waals surface area contributed by atoms with Crippen molar-refractivity contribution in [2.75, 3.05) is 44.2 Å². The normalized spacial score (nSPS) is 24.4. The van der Waals surface area contributed by atoms with Crippen LogP contribution in [-0.2, 0) is 14.9 Å². The molecule has 1 saturated carbocycles. The number of amides is 1. The molecule has 3 aliphatic heterocycles. The van der Waals surface area contributed by atoms with E-state index in [2.05, 4.69) is 9.80 Å².